The third-order valence-electron chi connectivity index (χ3n) is 3.13. The van der Waals surface area contributed by atoms with Gasteiger partial charge in [-0.3, -0.25) is 14.3 Å². The molecule has 3 N–H and O–H groups in total. The van der Waals surface area contributed by atoms with Crippen LogP contribution in [0.5, 0.6) is 0 Å². The number of thioether (sulfide) groups is 1. The largest absolute Gasteiger partial charge is 0.395 e. The van der Waals surface area contributed by atoms with Crippen molar-refractivity contribution in [3.63, 3.8) is 0 Å². The van der Waals surface area contributed by atoms with Gasteiger partial charge in [-0.1, -0.05) is 0 Å². The molecule has 3 atom stereocenters. The number of nitrogens with one attached hydrogen (secondary N) is 1. The predicted octanol–water partition coefficient (Wildman–Crippen LogP) is -0.00130. The van der Waals surface area contributed by atoms with Gasteiger partial charge in [-0.2, -0.15) is 13.2 Å². The van der Waals surface area contributed by atoms with E-state index in [1.54, 1.807) is 0 Å². The molecule has 1 aromatic heterocycles. The number of aliphatic hydroxyl groups is 2. The minimum Gasteiger partial charge on any atom is -0.395 e. The highest BCUT2D eigenvalue weighted by Crippen LogP contribution is 2.40. The van der Waals surface area contributed by atoms with Crippen LogP contribution in [-0.4, -0.2) is 43.9 Å². The number of halogens is 3. The van der Waals surface area contributed by atoms with Crippen LogP contribution in [0.1, 0.15) is 17.4 Å². The fourth-order valence-corrected chi connectivity index (χ4v) is 3.51. The lowest BCUT2D eigenvalue weighted by Crippen LogP contribution is -2.34. The second kappa shape index (κ2) is 5.85. The second-order valence-electron chi connectivity index (χ2n) is 4.73. The van der Waals surface area contributed by atoms with E-state index in [2.05, 4.69) is 0 Å². The first-order valence-electron chi connectivity index (χ1n) is 6.06. The van der Waals surface area contributed by atoms with Crippen LogP contribution < -0.4 is 11.2 Å². The predicted molar refractivity (Wildman–Crippen MR) is 69.2 cm³/mol. The number of rotatable bonds is 3. The highest BCUT2D eigenvalue weighted by atomic mass is 32.2. The van der Waals surface area contributed by atoms with Gasteiger partial charge in [0.05, 0.1) is 29.8 Å². The Balaban J connectivity index is 2.35. The molecular formula is C11H13F3N2O4S. The van der Waals surface area contributed by atoms with Crippen molar-refractivity contribution in [3.05, 3.63) is 32.6 Å². The third-order valence-corrected chi connectivity index (χ3v) is 4.67. The van der Waals surface area contributed by atoms with Crippen LogP contribution in [0.4, 0.5) is 13.2 Å². The van der Waals surface area contributed by atoms with E-state index in [-0.39, 0.29) is 13.0 Å². The molecule has 0 aliphatic carbocycles. The van der Waals surface area contributed by atoms with Crippen LogP contribution >= 0.6 is 11.8 Å². The van der Waals surface area contributed by atoms with Gasteiger partial charge in [0, 0.05) is 18.2 Å². The first kappa shape index (κ1) is 16.1. The summed E-state index contributed by atoms with van der Waals surface area (Å²) in [5.74, 6) is 0. The van der Waals surface area contributed by atoms with Crippen LogP contribution in [-0.2, 0) is 6.42 Å². The molecule has 10 heteroatoms. The second-order valence-corrected chi connectivity index (χ2v) is 6.15. The van der Waals surface area contributed by atoms with Crippen LogP contribution in [0.3, 0.4) is 0 Å². The summed E-state index contributed by atoms with van der Waals surface area (Å²) in [7, 11) is 0. The van der Waals surface area contributed by atoms with Gasteiger partial charge in [0.15, 0.2) is 0 Å². The normalized spacial score (nSPS) is 26.2. The smallest absolute Gasteiger partial charge is 0.393 e. The van der Waals surface area contributed by atoms with Crippen LogP contribution in [0, 0.1) is 0 Å². The number of hydrogen-bond acceptors (Lipinski definition) is 5. The Morgan fingerprint density at radius 2 is 2.10 bits per heavy atom. The molecule has 0 unspecified atom stereocenters. The lowest BCUT2D eigenvalue weighted by atomic mass is 10.2. The van der Waals surface area contributed by atoms with Gasteiger partial charge in [-0.15, -0.1) is 11.8 Å². The van der Waals surface area contributed by atoms with Gasteiger partial charge in [-0.05, 0) is 0 Å². The summed E-state index contributed by atoms with van der Waals surface area (Å²) in [6.07, 6.45) is -5.89. The molecule has 2 rings (SSSR count). The summed E-state index contributed by atoms with van der Waals surface area (Å²) >= 11 is 1.08. The SMILES string of the molecule is O=c1[nH]c(=O)n([C@H]2C[C@H](O)[C@@H](CO)S2)cc1CC(F)(F)F. The fraction of sp³-hybridized carbons (Fsp3) is 0.636. The summed E-state index contributed by atoms with van der Waals surface area (Å²) in [6.45, 7) is -0.310. The number of aromatic nitrogens is 2. The molecule has 118 valence electrons. The molecule has 1 aliphatic rings. The molecule has 0 amide bonds. The molecule has 0 aromatic carbocycles. The molecule has 1 aliphatic heterocycles. The lowest BCUT2D eigenvalue weighted by Gasteiger charge is -2.14. The summed E-state index contributed by atoms with van der Waals surface area (Å²) in [5, 5.41) is 17.6. The van der Waals surface area contributed by atoms with Crippen LogP contribution in [0.15, 0.2) is 15.8 Å². The van der Waals surface area contributed by atoms with E-state index in [4.69, 9.17) is 5.11 Å². The molecule has 1 saturated heterocycles. The van der Waals surface area contributed by atoms with Crippen molar-refractivity contribution in [1.82, 2.24) is 9.55 Å². The molecule has 0 bridgehead atoms. The average Bonchev–Trinajstić information content (AvgIpc) is 2.72. The number of alkyl halides is 3. The quantitative estimate of drug-likeness (QED) is 0.727. The van der Waals surface area contributed by atoms with Gasteiger partial charge in [0.2, 0.25) is 0 Å². The Hall–Kier alpha value is -1.26. The number of nitrogens with zero attached hydrogens (tertiary/aromatic N) is 1. The van der Waals surface area contributed by atoms with Gasteiger partial charge in [0.1, 0.15) is 0 Å². The fourth-order valence-electron chi connectivity index (χ4n) is 2.13. The molecule has 6 nitrogen and oxygen atoms in total. The molecule has 0 spiro atoms. The van der Waals surface area contributed by atoms with Crippen molar-refractivity contribution in [3.8, 4) is 0 Å². The zero-order valence-electron chi connectivity index (χ0n) is 10.6. The zero-order chi connectivity index (χ0) is 15.8. The number of aromatic amines is 1. The van der Waals surface area contributed by atoms with E-state index >= 15 is 0 Å². The Kier molecular flexibility index (Phi) is 4.49. The minimum atomic E-state index is -4.56. The Morgan fingerprint density at radius 3 is 2.62 bits per heavy atom. The zero-order valence-corrected chi connectivity index (χ0v) is 11.4. The van der Waals surface area contributed by atoms with Gasteiger partial charge in [-0.25, -0.2) is 4.79 Å². The standard InChI is InChI=1S/C11H13F3N2O4S/c12-11(13,14)2-5-3-16(10(20)15-9(5)19)8-1-6(18)7(4-17)21-8/h3,6-8,17-18H,1-2,4H2,(H,15,19,20)/t6-,7+,8+/m0/s1. The van der Waals surface area contributed by atoms with Crippen molar-refractivity contribution < 1.29 is 23.4 Å². The Labute approximate surface area is 120 Å². The maximum Gasteiger partial charge on any atom is 0.393 e. The van der Waals surface area contributed by atoms with Crippen molar-refractivity contribution in [2.75, 3.05) is 6.61 Å². The van der Waals surface area contributed by atoms with Gasteiger partial charge < -0.3 is 10.2 Å². The van der Waals surface area contributed by atoms with E-state index in [0.717, 1.165) is 22.5 Å². The first-order valence-corrected chi connectivity index (χ1v) is 7.01. The van der Waals surface area contributed by atoms with E-state index in [1.807, 2.05) is 4.98 Å². The number of aliphatic hydroxyl groups excluding tert-OH is 2. The van der Waals surface area contributed by atoms with Crippen molar-refractivity contribution >= 4 is 11.8 Å². The molecule has 0 radical (unpaired) electrons. The highest BCUT2D eigenvalue weighted by molar-refractivity contribution is 8.00. The minimum absolute atomic E-state index is 0.104. The maximum absolute atomic E-state index is 12.4. The topological polar surface area (TPSA) is 95.3 Å². The molecule has 1 fully saturated rings. The number of H-pyrrole nitrogens is 1. The molecule has 2 heterocycles. The lowest BCUT2D eigenvalue weighted by molar-refractivity contribution is -0.127. The van der Waals surface area contributed by atoms with Crippen molar-refractivity contribution in [1.29, 1.82) is 0 Å². The highest BCUT2D eigenvalue weighted by Gasteiger charge is 2.35. The van der Waals surface area contributed by atoms with E-state index in [9.17, 15) is 27.9 Å². The van der Waals surface area contributed by atoms with Crippen LogP contribution in [0.25, 0.3) is 0 Å². The van der Waals surface area contributed by atoms with Gasteiger partial charge >= 0.3 is 11.9 Å². The summed E-state index contributed by atoms with van der Waals surface area (Å²) < 4.78 is 38.1. The summed E-state index contributed by atoms with van der Waals surface area (Å²) in [5.41, 5.74) is -2.48. The molecule has 1 aromatic rings. The number of hydrogen-bond donors (Lipinski definition) is 3. The Morgan fingerprint density at radius 1 is 1.43 bits per heavy atom. The maximum atomic E-state index is 12.4. The van der Waals surface area contributed by atoms with Crippen molar-refractivity contribution in [2.24, 2.45) is 0 Å². The van der Waals surface area contributed by atoms with E-state index < -0.39 is 46.1 Å². The monoisotopic (exact) mass is 326 g/mol. The van der Waals surface area contributed by atoms with E-state index in [0.29, 0.717) is 0 Å². The first-order chi connectivity index (χ1) is 9.71. The van der Waals surface area contributed by atoms with E-state index in [1.165, 1.54) is 0 Å². The summed E-state index contributed by atoms with van der Waals surface area (Å²) in [6, 6.07) is 0. The summed E-state index contributed by atoms with van der Waals surface area (Å²) in [4.78, 5) is 25.0. The molecule has 21 heavy (non-hydrogen) atoms. The van der Waals surface area contributed by atoms with Gasteiger partial charge in [0.25, 0.3) is 5.56 Å². The van der Waals surface area contributed by atoms with Crippen LogP contribution in [0.2, 0.25) is 0 Å². The third kappa shape index (κ3) is 3.69. The Bertz CT molecular complexity index is 627. The average molecular weight is 326 g/mol. The van der Waals surface area contributed by atoms with Crippen molar-refractivity contribution in [2.45, 2.75) is 35.7 Å². The molecule has 0 saturated carbocycles. The molecular weight excluding hydrogens is 313 g/mol.